The van der Waals surface area contributed by atoms with E-state index in [-0.39, 0.29) is 11.9 Å². The van der Waals surface area contributed by atoms with E-state index in [1.54, 1.807) is 0 Å². The van der Waals surface area contributed by atoms with E-state index in [0.717, 1.165) is 10.6 Å². The van der Waals surface area contributed by atoms with Gasteiger partial charge in [0.25, 0.3) is 0 Å². The minimum atomic E-state index is -0.409. The van der Waals surface area contributed by atoms with Gasteiger partial charge in [-0.2, -0.15) is 0 Å². The Morgan fingerprint density at radius 2 is 1.96 bits per heavy atom. The van der Waals surface area contributed by atoms with Crippen molar-refractivity contribution in [3.05, 3.63) is 40.4 Å². The quantitative estimate of drug-likeness (QED) is 0.718. The predicted octanol–water partition coefficient (Wildman–Crippen LogP) is 2.97. The van der Waals surface area contributed by atoms with E-state index < -0.39 is 6.10 Å². The molecular formula is C17H24N4O2S. The summed E-state index contributed by atoms with van der Waals surface area (Å²) >= 11 is 1.36. The van der Waals surface area contributed by atoms with Gasteiger partial charge in [-0.05, 0) is 24.8 Å². The molecule has 0 saturated carbocycles. The molecule has 6 nitrogen and oxygen atoms in total. The molecule has 2 aromatic rings. The van der Waals surface area contributed by atoms with E-state index >= 15 is 0 Å². The molecule has 1 unspecified atom stereocenters. The summed E-state index contributed by atoms with van der Waals surface area (Å²) in [6.45, 7) is 6.36. The lowest BCUT2D eigenvalue weighted by Gasteiger charge is -2.14. The topological polar surface area (TPSA) is 87.1 Å². The minimum absolute atomic E-state index is 0.183. The SMILES string of the molecule is Cc1ccc(Cc2nnc(NC(=O)NCCC(O)C(C)C)s2)cc1. The van der Waals surface area contributed by atoms with E-state index in [2.05, 4.69) is 52.0 Å². The number of urea groups is 1. The van der Waals surface area contributed by atoms with Crippen molar-refractivity contribution in [2.24, 2.45) is 5.92 Å². The number of nitrogens with one attached hydrogen (secondary N) is 2. The van der Waals surface area contributed by atoms with Crippen molar-refractivity contribution in [3.8, 4) is 0 Å². The Bertz CT molecular complexity index is 655. The maximum absolute atomic E-state index is 11.8. The Hall–Kier alpha value is -1.99. The molecule has 0 fully saturated rings. The highest BCUT2D eigenvalue weighted by Gasteiger charge is 2.11. The molecule has 130 valence electrons. The molecular weight excluding hydrogens is 324 g/mol. The average Bonchev–Trinajstić information content (AvgIpc) is 2.96. The Morgan fingerprint density at radius 3 is 2.62 bits per heavy atom. The van der Waals surface area contributed by atoms with Crippen LogP contribution in [0.15, 0.2) is 24.3 Å². The summed E-state index contributed by atoms with van der Waals surface area (Å²) in [5.74, 6) is 0.183. The zero-order valence-electron chi connectivity index (χ0n) is 14.2. The van der Waals surface area contributed by atoms with Crippen LogP contribution in [0.3, 0.4) is 0 Å². The van der Waals surface area contributed by atoms with Crippen molar-refractivity contribution in [1.29, 1.82) is 0 Å². The first-order valence-corrected chi connectivity index (χ1v) is 8.86. The number of aliphatic hydroxyl groups is 1. The van der Waals surface area contributed by atoms with Gasteiger partial charge in [-0.3, -0.25) is 5.32 Å². The molecule has 0 aliphatic carbocycles. The van der Waals surface area contributed by atoms with Crippen LogP contribution < -0.4 is 10.6 Å². The van der Waals surface area contributed by atoms with Gasteiger partial charge in [0.05, 0.1) is 6.10 Å². The second-order valence-electron chi connectivity index (χ2n) is 6.14. The van der Waals surface area contributed by atoms with Crippen LogP contribution in [-0.4, -0.2) is 34.0 Å². The van der Waals surface area contributed by atoms with Crippen LogP contribution in [0.2, 0.25) is 0 Å². The Balaban J connectivity index is 1.78. The number of amides is 2. The number of aromatic nitrogens is 2. The molecule has 24 heavy (non-hydrogen) atoms. The number of benzene rings is 1. The first-order valence-electron chi connectivity index (χ1n) is 8.05. The summed E-state index contributed by atoms with van der Waals surface area (Å²) < 4.78 is 0. The summed E-state index contributed by atoms with van der Waals surface area (Å²) in [6.07, 6.45) is 0.815. The van der Waals surface area contributed by atoms with Crippen LogP contribution in [0.25, 0.3) is 0 Å². The second kappa shape index (κ2) is 8.75. The molecule has 1 aromatic carbocycles. The maximum Gasteiger partial charge on any atom is 0.321 e. The minimum Gasteiger partial charge on any atom is -0.393 e. The molecule has 0 saturated heterocycles. The van der Waals surface area contributed by atoms with E-state index in [1.165, 1.54) is 16.9 Å². The summed E-state index contributed by atoms with van der Waals surface area (Å²) in [6, 6.07) is 7.93. The van der Waals surface area contributed by atoms with Crippen LogP contribution in [0.5, 0.6) is 0 Å². The molecule has 1 aromatic heterocycles. The molecule has 2 rings (SSSR count). The van der Waals surface area contributed by atoms with Crippen molar-refractivity contribution in [2.75, 3.05) is 11.9 Å². The van der Waals surface area contributed by atoms with E-state index in [4.69, 9.17) is 0 Å². The predicted molar refractivity (Wildman–Crippen MR) is 96.4 cm³/mol. The highest BCUT2D eigenvalue weighted by Crippen LogP contribution is 2.18. The molecule has 0 aliphatic rings. The molecule has 0 radical (unpaired) electrons. The molecule has 1 heterocycles. The monoisotopic (exact) mass is 348 g/mol. The maximum atomic E-state index is 11.8. The van der Waals surface area contributed by atoms with Gasteiger partial charge in [-0.15, -0.1) is 10.2 Å². The van der Waals surface area contributed by atoms with Gasteiger partial charge >= 0.3 is 6.03 Å². The van der Waals surface area contributed by atoms with Crippen molar-refractivity contribution in [1.82, 2.24) is 15.5 Å². The van der Waals surface area contributed by atoms with Crippen LogP contribution >= 0.6 is 11.3 Å². The third-order valence-electron chi connectivity index (χ3n) is 3.66. The summed E-state index contributed by atoms with van der Waals surface area (Å²) in [4.78, 5) is 11.8. The van der Waals surface area contributed by atoms with Crippen LogP contribution in [0, 0.1) is 12.8 Å². The molecule has 3 N–H and O–H groups in total. The number of anilines is 1. The lowest BCUT2D eigenvalue weighted by molar-refractivity contribution is 0.117. The number of nitrogens with zero attached hydrogens (tertiary/aromatic N) is 2. The molecule has 0 aliphatic heterocycles. The fourth-order valence-electron chi connectivity index (χ4n) is 2.06. The molecule has 0 spiro atoms. The largest absolute Gasteiger partial charge is 0.393 e. The van der Waals surface area contributed by atoms with Crippen molar-refractivity contribution >= 4 is 22.5 Å². The standard InChI is InChI=1S/C17H24N4O2S/c1-11(2)14(22)8-9-18-16(23)19-17-21-20-15(24-17)10-13-6-4-12(3)5-7-13/h4-7,11,14,22H,8-10H2,1-3H3,(H2,18,19,21,23). The Morgan fingerprint density at radius 1 is 1.25 bits per heavy atom. The molecule has 2 amide bonds. The fraction of sp³-hybridized carbons (Fsp3) is 0.471. The average molecular weight is 348 g/mol. The third kappa shape index (κ3) is 5.90. The van der Waals surface area contributed by atoms with E-state index in [1.807, 2.05) is 13.8 Å². The van der Waals surface area contributed by atoms with Gasteiger partial charge in [-0.25, -0.2) is 4.79 Å². The van der Waals surface area contributed by atoms with Crippen molar-refractivity contribution in [2.45, 2.75) is 39.7 Å². The first-order chi connectivity index (χ1) is 11.4. The summed E-state index contributed by atoms with van der Waals surface area (Å²) in [5.41, 5.74) is 2.38. The third-order valence-corrected chi connectivity index (χ3v) is 4.50. The van der Waals surface area contributed by atoms with E-state index in [9.17, 15) is 9.90 Å². The molecule has 7 heteroatoms. The highest BCUT2D eigenvalue weighted by atomic mass is 32.1. The number of rotatable bonds is 7. The van der Waals surface area contributed by atoms with Gasteiger partial charge in [-0.1, -0.05) is 55.0 Å². The number of carbonyl (C=O) groups is 1. The van der Waals surface area contributed by atoms with Gasteiger partial charge in [0.15, 0.2) is 0 Å². The van der Waals surface area contributed by atoms with E-state index in [0.29, 0.717) is 24.5 Å². The van der Waals surface area contributed by atoms with Crippen molar-refractivity contribution in [3.63, 3.8) is 0 Å². The first kappa shape index (κ1) is 18.4. The van der Waals surface area contributed by atoms with Crippen molar-refractivity contribution < 1.29 is 9.90 Å². The number of hydrogen-bond donors (Lipinski definition) is 3. The zero-order chi connectivity index (χ0) is 17.5. The number of carbonyl (C=O) groups excluding carboxylic acids is 1. The Kier molecular flexibility index (Phi) is 6.69. The van der Waals surface area contributed by atoms with Gasteiger partial charge in [0, 0.05) is 13.0 Å². The van der Waals surface area contributed by atoms with Gasteiger partial charge in [0.1, 0.15) is 5.01 Å². The summed E-state index contributed by atoms with van der Waals surface area (Å²) in [7, 11) is 0. The lowest BCUT2D eigenvalue weighted by atomic mass is 10.0. The molecule has 0 bridgehead atoms. The lowest BCUT2D eigenvalue weighted by Crippen LogP contribution is -2.32. The van der Waals surface area contributed by atoms with Crippen LogP contribution in [0.1, 0.15) is 36.4 Å². The normalized spacial score (nSPS) is 12.2. The fourth-order valence-corrected chi connectivity index (χ4v) is 2.83. The smallest absolute Gasteiger partial charge is 0.321 e. The number of aliphatic hydroxyl groups excluding tert-OH is 1. The summed E-state index contributed by atoms with van der Waals surface area (Å²) in [5, 5.41) is 24.5. The Labute approximate surface area is 146 Å². The second-order valence-corrected chi connectivity index (χ2v) is 7.21. The van der Waals surface area contributed by atoms with Gasteiger partial charge < -0.3 is 10.4 Å². The highest BCUT2D eigenvalue weighted by molar-refractivity contribution is 7.15. The van der Waals surface area contributed by atoms with Crippen LogP contribution in [0.4, 0.5) is 9.93 Å². The zero-order valence-corrected chi connectivity index (χ0v) is 15.1. The van der Waals surface area contributed by atoms with Gasteiger partial charge in [0.2, 0.25) is 5.13 Å². The number of hydrogen-bond acceptors (Lipinski definition) is 5. The number of aryl methyl sites for hydroxylation is 1. The van der Waals surface area contributed by atoms with Crippen LogP contribution in [-0.2, 0) is 6.42 Å². The molecule has 1 atom stereocenters.